The highest BCUT2D eigenvalue weighted by molar-refractivity contribution is 14.1. The number of hydrogen-bond donors (Lipinski definition) is 2. The summed E-state index contributed by atoms with van der Waals surface area (Å²) in [4.78, 5) is 11.4. The van der Waals surface area contributed by atoms with E-state index in [1.54, 1.807) is 6.08 Å². The minimum absolute atomic E-state index is 0.181. The van der Waals surface area contributed by atoms with E-state index in [4.69, 9.17) is 12.2 Å². The minimum atomic E-state index is -0.181. The number of carbonyl (C=O) groups excluding carboxylic acids is 1. The van der Waals surface area contributed by atoms with E-state index >= 15 is 0 Å². The van der Waals surface area contributed by atoms with E-state index in [1.165, 1.54) is 0 Å². The molecule has 1 fully saturated rings. The van der Waals surface area contributed by atoms with Crippen LogP contribution in [-0.2, 0) is 4.79 Å². The second-order valence-corrected chi connectivity index (χ2v) is 4.56. The Morgan fingerprint density at radius 3 is 2.60 bits per heavy atom. The molecule has 0 aliphatic carbocycles. The van der Waals surface area contributed by atoms with Crippen molar-refractivity contribution in [1.29, 1.82) is 0 Å². The predicted molar refractivity (Wildman–Crippen MR) is 71.0 cm³/mol. The van der Waals surface area contributed by atoms with E-state index in [-0.39, 0.29) is 5.91 Å². The van der Waals surface area contributed by atoms with Gasteiger partial charge in [0.2, 0.25) is 0 Å². The molecule has 0 spiro atoms. The second kappa shape index (κ2) is 4.28. The number of halogens is 1. The number of thiocarbonyl (C=S) groups is 1. The molecule has 1 heterocycles. The Hall–Kier alpha value is -0.950. The van der Waals surface area contributed by atoms with Gasteiger partial charge >= 0.3 is 0 Å². The van der Waals surface area contributed by atoms with Gasteiger partial charge in [-0.05, 0) is 52.5 Å². The van der Waals surface area contributed by atoms with Gasteiger partial charge in [0.15, 0.2) is 5.11 Å². The third-order valence-corrected chi connectivity index (χ3v) is 3.11. The Morgan fingerprint density at radius 1 is 1.27 bits per heavy atom. The largest absolute Gasteiger partial charge is 0.328 e. The normalized spacial score (nSPS) is 17.8. The number of nitrogens with one attached hydrogen (secondary N) is 2. The molecule has 0 saturated carbocycles. The first kappa shape index (κ1) is 10.6. The van der Waals surface area contributed by atoms with Crippen LogP contribution in [0.3, 0.4) is 0 Å². The van der Waals surface area contributed by atoms with Crippen molar-refractivity contribution in [2.75, 3.05) is 0 Å². The fourth-order valence-electron chi connectivity index (χ4n) is 1.23. The summed E-state index contributed by atoms with van der Waals surface area (Å²) in [6.45, 7) is 0. The van der Waals surface area contributed by atoms with Crippen LogP contribution < -0.4 is 10.6 Å². The lowest BCUT2D eigenvalue weighted by atomic mass is 10.2. The summed E-state index contributed by atoms with van der Waals surface area (Å²) in [6.07, 6.45) is 1.79. The minimum Gasteiger partial charge on any atom is -0.328 e. The third kappa shape index (κ3) is 2.35. The molecule has 0 atom stereocenters. The highest BCUT2D eigenvalue weighted by atomic mass is 127. The molecule has 2 N–H and O–H groups in total. The molecule has 1 aliphatic rings. The van der Waals surface area contributed by atoms with Crippen molar-refractivity contribution in [3.8, 4) is 0 Å². The molecule has 0 unspecified atom stereocenters. The van der Waals surface area contributed by atoms with E-state index in [2.05, 4.69) is 33.2 Å². The maximum absolute atomic E-state index is 11.4. The topological polar surface area (TPSA) is 41.1 Å². The van der Waals surface area contributed by atoms with Crippen molar-refractivity contribution >= 4 is 51.9 Å². The van der Waals surface area contributed by atoms with Gasteiger partial charge in [-0.3, -0.25) is 10.1 Å². The maximum atomic E-state index is 11.4. The molecule has 3 nitrogen and oxygen atoms in total. The van der Waals surface area contributed by atoms with Crippen LogP contribution in [0.15, 0.2) is 30.0 Å². The Labute approximate surface area is 106 Å². The van der Waals surface area contributed by atoms with Crippen LogP contribution in [0.4, 0.5) is 0 Å². The number of amides is 1. The first-order valence-corrected chi connectivity index (χ1v) is 5.74. The lowest BCUT2D eigenvalue weighted by Gasteiger charge is -1.98. The summed E-state index contributed by atoms with van der Waals surface area (Å²) in [5, 5.41) is 5.68. The van der Waals surface area contributed by atoms with Gasteiger partial charge in [0.25, 0.3) is 5.91 Å². The molecule has 1 aliphatic heterocycles. The van der Waals surface area contributed by atoms with Gasteiger partial charge in [-0.1, -0.05) is 18.2 Å². The van der Waals surface area contributed by atoms with Crippen LogP contribution in [0, 0.1) is 3.57 Å². The molecule has 5 heteroatoms. The van der Waals surface area contributed by atoms with Crippen LogP contribution in [0.25, 0.3) is 6.08 Å². The zero-order valence-corrected chi connectivity index (χ0v) is 10.6. The summed E-state index contributed by atoms with van der Waals surface area (Å²) >= 11 is 7.06. The zero-order valence-electron chi connectivity index (χ0n) is 7.58. The standard InChI is InChI=1S/C10H7IN2OS/c11-7-4-2-1-3-6(7)5-8-9(14)13-10(15)12-8/h1-5H,(H2,12,13,14,15)/b8-5-. The van der Waals surface area contributed by atoms with Crippen LogP contribution in [-0.4, -0.2) is 11.0 Å². The van der Waals surface area contributed by atoms with Gasteiger partial charge in [-0.25, -0.2) is 0 Å². The molecule has 76 valence electrons. The Bertz CT molecular complexity index is 470. The monoisotopic (exact) mass is 330 g/mol. The van der Waals surface area contributed by atoms with Crippen LogP contribution >= 0.6 is 34.8 Å². The zero-order chi connectivity index (χ0) is 10.8. The van der Waals surface area contributed by atoms with Gasteiger partial charge in [-0.15, -0.1) is 0 Å². The van der Waals surface area contributed by atoms with Gasteiger partial charge in [0, 0.05) is 3.57 Å². The fraction of sp³-hybridized carbons (Fsp3) is 0. The third-order valence-electron chi connectivity index (χ3n) is 1.92. The SMILES string of the molecule is O=C1NC(=S)N/C1=C\c1ccccc1I. The molecule has 1 saturated heterocycles. The molecule has 0 aromatic heterocycles. The van der Waals surface area contributed by atoms with Gasteiger partial charge < -0.3 is 5.32 Å². The second-order valence-electron chi connectivity index (χ2n) is 2.99. The summed E-state index contributed by atoms with van der Waals surface area (Å²) in [6, 6.07) is 7.82. The smallest absolute Gasteiger partial charge is 0.273 e. The van der Waals surface area contributed by atoms with Gasteiger partial charge in [0.1, 0.15) is 5.70 Å². The lowest BCUT2D eigenvalue weighted by Crippen LogP contribution is -2.21. The Kier molecular flexibility index (Phi) is 3.01. The molecular formula is C10H7IN2OS. The Balaban J connectivity index is 2.35. The summed E-state index contributed by atoms with van der Waals surface area (Å²) in [5.41, 5.74) is 1.49. The molecule has 1 aromatic rings. The van der Waals surface area contributed by atoms with Crippen LogP contribution in [0.2, 0.25) is 0 Å². The van der Waals surface area contributed by atoms with E-state index in [0.717, 1.165) is 9.13 Å². The summed E-state index contributed by atoms with van der Waals surface area (Å²) in [5.74, 6) is -0.181. The van der Waals surface area contributed by atoms with E-state index < -0.39 is 0 Å². The summed E-state index contributed by atoms with van der Waals surface area (Å²) < 4.78 is 1.09. The van der Waals surface area contributed by atoms with Gasteiger partial charge in [-0.2, -0.15) is 0 Å². The number of carbonyl (C=O) groups is 1. The van der Waals surface area contributed by atoms with Crippen LogP contribution in [0.5, 0.6) is 0 Å². The number of rotatable bonds is 1. The average Bonchev–Trinajstić information content (AvgIpc) is 2.49. The molecule has 1 aromatic carbocycles. The fourth-order valence-corrected chi connectivity index (χ4v) is 1.98. The maximum Gasteiger partial charge on any atom is 0.273 e. The van der Waals surface area contributed by atoms with Crippen molar-refractivity contribution in [3.63, 3.8) is 0 Å². The lowest BCUT2D eigenvalue weighted by molar-refractivity contribution is -0.115. The van der Waals surface area contributed by atoms with E-state index in [9.17, 15) is 4.79 Å². The highest BCUT2D eigenvalue weighted by Gasteiger charge is 2.19. The molecule has 0 radical (unpaired) electrons. The Morgan fingerprint density at radius 2 is 2.00 bits per heavy atom. The molecule has 0 bridgehead atoms. The number of hydrogen-bond acceptors (Lipinski definition) is 2. The van der Waals surface area contributed by atoms with Crippen molar-refractivity contribution in [2.45, 2.75) is 0 Å². The van der Waals surface area contributed by atoms with Gasteiger partial charge in [0.05, 0.1) is 0 Å². The van der Waals surface area contributed by atoms with Crippen molar-refractivity contribution in [1.82, 2.24) is 10.6 Å². The molecule has 15 heavy (non-hydrogen) atoms. The summed E-state index contributed by atoms with van der Waals surface area (Å²) in [7, 11) is 0. The molecule has 2 rings (SSSR count). The van der Waals surface area contributed by atoms with Crippen molar-refractivity contribution < 1.29 is 4.79 Å². The molecular weight excluding hydrogens is 323 g/mol. The van der Waals surface area contributed by atoms with Crippen LogP contribution in [0.1, 0.15) is 5.56 Å². The average molecular weight is 330 g/mol. The first-order chi connectivity index (χ1) is 7.16. The van der Waals surface area contributed by atoms with Crippen molar-refractivity contribution in [3.05, 3.63) is 39.1 Å². The quantitative estimate of drug-likeness (QED) is 0.467. The van der Waals surface area contributed by atoms with E-state index in [0.29, 0.717) is 10.8 Å². The number of benzene rings is 1. The predicted octanol–water partition coefficient (Wildman–Crippen LogP) is 1.64. The van der Waals surface area contributed by atoms with E-state index in [1.807, 2.05) is 24.3 Å². The first-order valence-electron chi connectivity index (χ1n) is 4.25. The molecule has 1 amide bonds. The highest BCUT2D eigenvalue weighted by Crippen LogP contribution is 2.15. The van der Waals surface area contributed by atoms with Crippen molar-refractivity contribution in [2.24, 2.45) is 0 Å².